The third kappa shape index (κ3) is 9.31. The first-order valence-corrected chi connectivity index (χ1v) is 10.2. The van der Waals surface area contributed by atoms with Gasteiger partial charge in [0.2, 0.25) is 5.91 Å². The van der Waals surface area contributed by atoms with Gasteiger partial charge in [-0.05, 0) is 37.0 Å². The van der Waals surface area contributed by atoms with Crippen LogP contribution in [0.3, 0.4) is 0 Å². The Labute approximate surface area is 191 Å². The molecule has 1 aromatic carbocycles. The normalized spacial score (nSPS) is 15.4. The number of amides is 1. The van der Waals surface area contributed by atoms with Crippen LogP contribution in [0.2, 0.25) is 0 Å². The first kappa shape index (κ1) is 25.6. The average Bonchev–Trinajstić information content (AvgIpc) is 3.10. The maximum Gasteiger partial charge on any atom is 0.227 e. The molecular formula is C21H35IN4O3. The van der Waals surface area contributed by atoms with Gasteiger partial charge in [0.1, 0.15) is 0 Å². The molecule has 1 saturated heterocycles. The van der Waals surface area contributed by atoms with Crippen LogP contribution in [-0.2, 0) is 16.1 Å². The molecule has 8 heteroatoms. The maximum atomic E-state index is 11.8. The number of guanidine groups is 1. The zero-order valence-electron chi connectivity index (χ0n) is 17.7. The molecule has 1 heterocycles. The van der Waals surface area contributed by atoms with Gasteiger partial charge >= 0.3 is 0 Å². The van der Waals surface area contributed by atoms with E-state index in [9.17, 15) is 9.90 Å². The van der Waals surface area contributed by atoms with Crippen LogP contribution < -0.4 is 15.5 Å². The highest BCUT2D eigenvalue weighted by Gasteiger charge is 2.21. The zero-order valence-corrected chi connectivity index (χ0v) is 20.0. The van der Waals surface area contributed by atoms with Crippen molar-refractivity contribution >= 4 is 41.5 Å². The Morgan fingerprint density at radius 3 is 2.55 bits per heavy atom. The van der Waals surface area contributed by atoms with E-state index in [1.54, 1.807) is 0 Å². The second kappa shape index (κ2) is 13.8. The van der Waals surface area contributed by atoms with Gasteiger partial charge in [-0.25, -0.2) is 4.99 Å². The molecule has 1 amide bonds. The molecule has 29 heavy (non-hydrogen) atoms. The molecule has 0 saturated carbocycles. The Morgan fingerprint density at radius 1 is 1.24 bits per heavy atom. The first-order chi connectivity index (χ1) is 13.5. The number of anilines is 1. The van der Waals surface area contributed by atoms with E-state index in [2.05, 4.69) is 29.5 Å². The molecule has 2 rings (SSSR count). The number of ether oxygens (including phenoxy) is 1. The number of aliphatic hydroxyl groups is 1. The van der Waals surface area contributed by atoms with Crippen molar-refractivity contribution in [2.45, 2.75) is 46.3 Å². The van der Waals surface area contributed by atoms with E-state index < -0.39 is 6.10 Å². The molecule has 1 fully saturated rings. The molecule has 0 aromatic heterocycles. The topological polar surface area (TPSA) is 86.2 Å². The zero-order chi connectivity index (χ0) is 20.4. The largest absolute Gasteiger partial charge is 0.389 e. The molecule has 0 spiro atoms. The molecule has 1 unspecified atom stereocenters. The van der Waals surface area contributed by atoms with Gasteiger partial charge in [-0.15, -0.1) is 24.0 Å². The second-order valence-electron chi connectivity index (χ2n) is 7.48. The summed E-state index contributed by atoms with van der Waals surface area (Å²) in [5, 5.41) is 16.3. The molecule has 3 N–H and O–H groups in total. The highest BCUT2D eigenvalue weighted by Crippen LogP contribution is 2.21. The molecule has 164 valence electrons. The number of aliphatic imine (C=N–C) groups is 1. The van der Waals surface area contributed by atoms with Gasteiger partial charge in [-0.3, -0.25) is 4.79 Å². The van der Waals surface area contributed by atoms with Crippen molar-refractivity contribution in [1.82, 2.24) is 10.6 Å². The number of benzene rings is 1. The number of nitrogens with one attached hydrogen (secondary N) is 2. The van der Waals surface area contributed by atoms with Crippen LogP contribution in [0.4, 0.5) is 5.69 Å². The highest BCUT2D eigenvalue weighted by molar-refractivity contribution is 14.0. The summed E-state index contributed by atoms with van der Waals surface area (Å²) in [6.07, 6.45) is 0.981. The van der Waals surface area contributed by atoms with Crippen molar-refractivity contribution < 1.29 is 14.6 Å². The molecular weight excluding hydrogens is 483 g/mol. The Bertz CT molecular complexity index is 637. The highest BCUT2D eigenvalue weighted by atomic mass is 127. The van der Waals surface area contributed by atoms with E-state index in [4.69, 9.17) is 4.74 Å². The molecule has 0 radical (unpaired) electrons. The van der Waals surface area contributed by atoms with E-state index >= 15 is 0 Å². The lowest BCUT2D eigenvalue weighted by atomic mass is 10.2. The lowest BCUT2D eigenvalue weighted by Crippen LogP contribution is -2.42. The third-order valence-corrected chi connectivity index (χ3v) is 4.35. The summed E-state index contributed by atoms with van der Waals surface area (Å²) in [5.74, 6) is 1.30. The molecule has 0 aliphatic carbocycles. The number of hydrogen-bond acceptors (Lipinski definition) is 4. The van der Waals surface area contributed by atoms with Gasteiger partial charge in [0, 0.05) is 38.3 Å². The minimum atomic E-state index is -0.583. The lowest BCUT2D eigenvalue weighted by molar-refractivity contribution is -0.117. The predicted molar refractivity (Wildman–Crippen MR) is 128 cm³/mol. The van der Waals surface area contributed by atoms with Gasteiger partial charge in [0.25, 0.3) is 0 Å². The molecule has 1 aromatic rings. The van der Waals surface area contributed by atoms with E-state index in [0.717, 1.165) is 30.8 Å². The average molecular weight is 518 g/mol. The number of nitrogens with zero attached hydrogens (tertiary/aromatic N) is 2. The van der Waals surface area contributed by atoms with Crippen molar-refractivity contribution in [2.24, 2.45) is 10.9 Å². The van der Waals surface area contributed by atoms with Gasteiger partial charge < -0.3 is 25.4 Å². The van der Waals surface area contributed by atoms with E-state index in [-0.39, 0.29) is 29.9 Å². The summed E-state index contributed by atoms with van der Waals surface area (Å²) in [7, 11) is 0. The Kier molecular flexibility index (Phi) is 12.2. The minimum Gasteiger partial charge on any atom is -0.389 e. The predicted octanol–water partition coefficient (Wildman–Crippen LogP) is 2.52. The summed E-state index contributed by atoms with van der Waals surface area (Å²) in [6.45, 7) is 9.54. The molecule has 1 aliphatic heterocycles. The van der Waals surface area contributed by atoms with E-state index in [1.807, 2.05) is 36.1 Å². The van der Waals surface area contributed by atoms with Crippen LogP contribution in [0.25, 0.3) is 0 Å². The third-order valence-electron chi connectivity index (χ3n) is 4.35. The summed E-state index contributed by atoms with van der Waals surface area (Å²) in [6, 6.07) is 7.96. The van der Waals surface area contributed by atoms with Gasteiger partial charge in [-0.2, -0.15) is 0 Å². The minimum absolute atomic E-state index is 0. The quantitative estimate of drug-likeness (QED) is 0.252. The van der Waals surface area contributed by atoms with Crippen molar-refractivity contribution in [3.05, 3.63) is 29.8 Å². The molecule has 7 nitrogen and oxygen atoms in total. The van der Waals surface area contributed by atoms with Gasteiger partial charge in [-0.1, -0.05) is 26.0 Å². The maximum absolute atomic E-state index is 11.8. The van der Waals surface area contributed by atoms with Crippen LogP contribution in [0.15, 0.2) is 29.3 Å². The first-order valence-electron chi connectivity index (χ1n) is 10.2. The fraction of sp³-hybridized carbons (Fsp3) is 0.619. The number of carbonyl (C=O) groups is 1. The Balaban J connectivity index is 0.00000420. The van der Waals surface area contributed by atoms with Crippen LogP contribution in [-0.4, -0.2) is 55.9 Å². The molecule has 1 atom stereocenters. The smallest absolute Gasteiger partial charge is 0.227 e. The lowest BCUT2D eigenvalue weighted by Gasteiger charge is -2.17. The fourth-order valence-electron chi connectivity index (χ4n) is 2.93. The van der Waals surface area contributed by atoms with Crippen LogP contribution in [0, 0.1) is 5.92 Å². The number of rotatable bonds is 10. The monoisotopic (exact) mass is 518 g/mol. The number of carbonyl (C=O) groups excluding carboxylic acids is 1. The molecule has 1 aliphatic rings. The van der Waals surface area contributed by atoms with Crippen molar-refractivity contribution in [3.8, 4) is 0 Å². The van der Waals surface area contributed by atoms with Crippen molar-refractivity contribution in [1.29, 1.82) is 0 Å². The second-order valence-corrected chi connectivity index (χ2v) is 7.48. The van der Waals surface area contributed by atoms with E-state index in [1.165, 1.54) is 0 Å². The van der Waals surface area contributed by atoms with Gasteiger partial charge in [0.05, 0.1) is 19.3 Å². The van der Waals surface area contributed by atoms with E-state index in [0.29, 0.717) is 44.6 Å². The number of halogens is 1. The van der Waals surface area contributed by atoms with Crippen molar-refractivity contribution in [3.63, 3.8) is 0 Å². The number of hydrogen-bond donors (Lipinski definition) is 3. The summed E-state index contributed by atoms with van der Waals surface area (Å²) >= 11 is 0. The SMILES string of the molecule is CCNC(=NCc1ccc(N2CCCC2=O)cc1)NCC(O)COCC(C)C.I. The summed E-state index contributed by atoms with van der Waals surface area (Å²) < 4.78 is 5.46. The number of aliphatic hydroxyl groups excluding tert-OH is 1. The standard InChI is InChI=1S/C21H34N4O3.HI/c1-4-22-21(24-13-19(26)15-28-14-16(2)3)23-12-17-7-9-18(10-8-17)25-11-5-6-20(25)27;/h7-10,16,19,26H,4-6,11-15H2,1-3H3,(H2,22,23,24);1H. The Morgan fingerprint density at radius 2 is 1.97 bits per heavy atom. The van der Waals surface area contributed by atoms with Crippen LogP contribution in [0.1, 0.15) is 39.2 Å². The summed E-state index contributed by atoms with van der Waals surface area (Å²) in [5.41, 5.74) is 2.01. The summed E-state index contributed by atoms with van der Waals surface area (Å²) in [4.78, 5) is 18.2. The van der Waals surface area contributed by atoms with Crippen molar-refractivity contribution in [2.75, 3.05) is 37.7 Å². The van der Waals surface area contributed by atoms with Crippen LogP contribution in [0.5, 0.6) is 0 Å². The van der Waals surface area contributed by atoms with Crippen LogP contribution >= 0.6 is 24.0 Å². The fourth-order valence-corrected chi connectivity index (χ4v) is 2.93. The Hall–Kier alpha value is -1.39. The van der Waals surface area contributed by atoms with Gasteiger partial charge in [0.15, 0.2) is 5.96 Å². The molecule has 0 bridgehead atoms.